The fourth-order valence-corrected chi connectivity index (χ4v) is 3.11. The van der Waals surface area contributed by atoms with Crippen molar-refractivity contribution in [1.29, 1.82) is 0 Å². The van der Waals surface area contributed by atoms with Gasteiger partial charge in [-0.05, 0) is 19.1 Å². The van der Waals surface area contributed by atoms with Gasteiger partial charge >= 0.3 is 0 Å². The second kappa shape index (κ2) is 5.35. The van der Waals surface area contributed by atoms with Crippen molar-refractivity contribution in [3.8, 4) is 11.4 Å². The van der Waals surface area contributed by atoms with Crippen molar-refractivity contribution in [2.75, 3.05) is 7.11 Å². The van der Waals surface area contributed by atoms with Crippen LogP contribution in [0, 0.1) is 6.92 Å². The molecule has 1 aromatic carbocycles. The average Bonchev–Trinajstić information content (AvgIpc) is 2.97. The molecule has 0 unspecified atom stereocenters. The van der Waals surface area contributed by atoms with Gasteiger partial charge in [0.15, 0.2) is 5.65 Å². The lowest BCUT2D eigenvalue weighted by atomic mass is 10.3. The third-order valence-electron chi connectivity index (χ3n) is 3.34. The molecule has 110 valence electrons. The second-order valence-electron chi connectivity index (χ2n) is 4.73. The van der Waals surface area contributed by atoms with E-state index in [9.17, 15) is 0 Å². The molecule has 0 spiro atoms. The topological polar surface area (TPSA) is 44.9 Å². The molecule has 0 saturated carbocycles. The fourth-order valence-electron chi connectivity index (χ4n) is 2.47. The predicted octanol–water partition coefficient (Wildman–Crippen LogP) is 3.58. The maximum atomic E-state index is 6.07. The molecule has 7 heteroatoms. The van der Waals surface area contributed by atoms with Crippen molar-refractivity contribution in [2.45, 2.75) is 12.8 Å². The van der Waals surface area contributed by atoms with E-state index in [1.807, 2.05) is 41.4 Å². The number of alkyl halides is 1. The van der Waals surface area contributed by atoms with Gasteiger partial charge in [0.25, 0.3) is 0 Å². The Morgan fingerprint density at radius 1 is 1.33 bits per heavy atom. The van der Waals surface area contributed by atoms with Crippen LogP contribution >= 0.6 is 27.5 Å². The van der Waals surface area contributed by atoms with Crippen LogP contribution < -0.4 is 4.74 Å². The number of benzene rings is 1. The molecule has 2 aromatic heterocycles. The van der Waals surface area contributed by atoms with E-state index in [0.29, 0.717) is 5.88 Å². The number of aryl methyl sites for hydroxylation is 2. The van der Waals surface area contributed by atoms with Crippen molar-refractivity contribution < 1.29 is 4.74 Å². The highest BCUT2D eigenvalue weighted by Crippen LogP contribution is 2.29. The zero-order valence-electron chi connectivity index (χ0n) is 11.9. The molecule has 0 aliphatic heterocycles. The number of nitrogens with zero attached hydrogens (tertiary/aromatic N) is 4. The van der Waals surface area contributed by atoms with Crippen LogP contribution in [0.3, 0.4) is 0 Å². The lowest BCUT2D eigenvalue weighted by Gasteiger charge is -2.10. The zero-order valence-corrected chi connectivity index (χ0v) is 14.2. The Hall–Kier alpha value is -1.53. The van der Waals surface area contributed by atoms with E-state index in [0.717, 1.165) is 38.6 Å². The minimum atomic E-state index is 0.322. The maximum absolute atomic E-state index is 6.07. The van der Waals surface area contributed by atoms with Gasteiger partial charge in [0.1, 0.15) is 17.1 Å². The molecule has 0 radical (unpaired) electrons. The number of hydrogen-bond acceptors (Lipinski definition) is 3. The van der Waals surface area contributed by atoms with Gasteiger partial charge in [-0.1, -0.05) is 15.9 Å². The van der Waals surface area contributed by atoms with Crippen LogP contribution in [0.25, 0.3) is 16.9 Å². The van der Waals surface area contributed by atoms with E-state index in [2.05, 4.69) is 26.0 Å². The van der Waals surface area contributed by atoms with Gasteiger partial charge < -0.3 is 4.74 Å². The summed E-state index contributed by atoms with van der Waals surface area (Å²) < 4.78 is 10.1. The molecule has 0 saturated heterocycles. The minimum Gasteiger partial charge on any atom is -0.497 e. The van der Waals surface area contributed by atoms with Gasteiger partial charge in [0, 0.05) is 17.6 Å². The van der Waals surface area contributed by atoms with Crippen LogP contribution in [0.1, 0.15) is 11.5 Å². The third-order valence-corrected chi connectivity index (χ3v) is 4.04. The van der Waals surface area contributed by atoms with Crippen molar-refractivity contribution >= 4 is 38.7 Å². The van der Waals surface area contributed by atoms with E-state index < -0.39 is 0 Å². The first-order valence-corrected chi connectivity index (χ1v) is 7.69. The van der Waals surface area contributed by atoms with Gasteiger partial charge in [-0.3, -0.25) is 4.57 Å². The van der Waals surface area contributed by atoms with E-state index in [1.165, 1.54) is 0 Å². The molecule has 0 aliphatic carbocycles. The lowest BCUT2D eigenvalue weighted by Crippen LogP contribution is -2.04. The number of aromatic nitrogens is 4. The second-order valence-corrected chi connectivity index (χ2v) is 5.91. The first kappa shape index (κ1) is 14.4. The van der Waals surface area contributed by atoms with E-state index >= 15 is 0 Å². The quantitative estimate of drug-likeness (QED) is 0.663. The Morgan fingerprint density at radius 3 is 2.76 bits per heavy atom. The molecular formula is C14H14BrClN4O. The predicted molar refractivity (Wildman–Crippen MR) is 86.4 cm³/mol. The summed E-state index contributed by atoms with van der Waals surface area (Å²) in [6.45, 7) is 1.94. The summed E-state index contributed by atoms with van der Waals surface area (Å²) in [7, 11) is 3.55. The molecular weight excluding hydrogens is 356 g/mol. The molecule has 21 heavy (non-hydrogen) atoms. The highest BCUT2D eigenvalue weighted by Gasteiger charge is 2.18. The van der Waals surface area contributed by atoms with Crippen molar-refractivity contribution in [2.24, 2.45) is 7.05 Å². The van der Waals surface area contributed by atoms with E-state index in [1.54, 1.807) is 7.11 Å². The molecule has 3 aromatic rings. The van der Waals surface area contributed by atoms with E-state index in [4.69, 9.17) is 16.3 Å². The number of imidazole rings is 1. The van der Waals surface area contributed by atoms with Crippen molar-refractivity contribution in [3.05, 3.63) is 34.2 Å². The van der Waals surface area contributed by atoms with Gasteiger partial charge in [-0.15, -0.1) is 11.6 Å². The largest absolute Gasteiger partial charge is 0.497 e. The smallest absolute Gasteiger partial charge is 0.163 e. The van der Waals surface area contributed by atoms with Crippen molar-refractivity contribution in [3.63, 3.8) is 0 Å². The molecule has 0 atom stereocenters. The number of halogens is 2. The number of fused-ring (bicyclic) bond motifs is 1. The minimum absolute atomic E-state index is 0.322. The Labute approximate surface area is 135 Å². The summed E-state index contributed by atoms with van der Waals surface area (Å²) in [4.78, 5) is 4.60. The van der Waals surface area contributed by atoms with Gasteiger partial charge in [0.05, 0.1) is 24.4 Å². The van der Waals surface area contributed by atoms with Crippen LogP contribution in [0.15, 0.2) is 22.7 Å². The molecule has 2 heterocycles. The fraction of sp³-hybridized carbons (Fsp3) is 0.286. The molecule has 0 bridgehead atoms. The van der Waals surface area contributed by atoms with Crippen LogP contribution in [0.5, 0.6) is 5.75 Å². The first-order chi connectivity index (χ1) is 10.0. The number of hydrogen-bond donors (Lipinski definition) is 0. The molecule has 3 rings (SSSR count). The average molecular weight is 370 g/mol. The Balaban J connectivity index is 2.35. The molecule has 0 amide bonds. The summed E-state index contributed by atoms with van der Waals surface area (Å²) in [5.74, 6) is 1.87. The number of rotatable bonds is 3. The van der Waals surface area contributed by atoms with Gasteiger partial charge in [0.2, 0.25) is 0 Å². The van der Waals surface area contributed by atoms with Gasteiger partial charge in [-0.2, -0.15) is 5.10 Å². The first-order valence-electron chi connectivity index (χ1n) is 6.37. The third kappa shape index (κ3) is 2.32. The summed E-state index contributed by atoms with van der Waals surface area (Å²) >= 11 is 9.58. The maximum Gasteiger partial charge on any atom is 0.163 e. The molecule has 5 nitrogen and oxygen atoms in total. The van der Waals surface area contributed by atoms with Gasteiger partial charge in [-0.25, -0.2) is 9.67 Å². The Morgan fingerprint density at radius 2 is 2.10 bits per heavy atom. The zero-order chi connectivity index (χ0) is 15.1. The van der Waals surface area contributed by atoms with Crippen LogP contribution in [-0.2, 0) is 12.9 Å². The monoisotopic (exact) mass is 368 g/mol. The standard InChI is InChI=1S/C14H14BrClN4O/c1-8-13-14(19(2)18-8)20(12(7-16)17-13)10-4-9(15)5-11(6-10)21-3/h4-6H,7H2,1-3H3. The Kier molecular flexibility index (Phi) is 3.67. The number of ether oxygens (including phenoxy) is 1. The summed E-state index contributed by atoms with van der Waals surface area (Å²) in [5, 5.41) is 4.42. The van der Waals surface area contributed by atoms with Crippen LogP contribution in [0.2, 0.25) is 0 Å². The van der Waals surface area contributed by atoms with Crippen LogP contribution in [-0.4, -0.2) is 26.4 Å². The van der Waals surface area contributed by atoms with Crippen LogP contribution in [0.4, 0.5) is 0 Å². The van der Waals surface area contributed by atoms with Crippen molar-refractivity contribution in [1.82, 2.24) is 19.3 Å². The normalized spacial score (nSPS) is 11.3. The lowest BCUT2D eigenvalue weighted by molar-refractivity contribution is 0.414. The molecule has 0 N–H and O–H groups in total. The highest BCUT2D eigenvalue weighted by atomic mass is 79.9. The highest BCUT2D eigenvalue weighted by molar-refractivity contribution is 9.10. The van der Waals surface area contributed by atoms with E-state index in [-0.39, 0.29) is 0 Å². The molecule has 0 aliphatic rings. The summed E-state index contributed by atoms with van der Waals surface area (Å²) in [6, 6.07) is 5.86. The Bertz CT molecular complexity index is 824. The SMILES string of the molecule is COc1cc(Br)cc(-n2c(CCl)nc3c(C)nn(C)c32)c1. The summed E-state index contributed by atoms with van der Waals surface area (Å²) in [6.07, 6.45) is 0. The number of methoxy groups -OCH3 is 1. The summed E-state index contributed by atoms with van der Waals surface area (Å²) in [5.41, 5.74) is 3.61. The molecule has 0 fully saturated rings.